The molecule has 60 heavy (non-hydrogen) atoms. The van der Waals surface area contributed by atoms with Crippen molar-refractivity contribution in [2.24, 2.45) is 5.92 Å². The highest BCUT2D eigenvalue weighted by Gasteiger charge is 2.49. The topological polar surface area (TPSA) is 103 Å². The zero-order valence-electron chi connectivity index (χ0n) is 42.6. The third-order valence-electron chi connectivity index (χ3n) is 13.7. The minimum atomic E-state index is -2.30. The first-order valence-corrected chi connectivity index (χ1v) is 30.2. The highest BCUT2D eigenvalue weighted by molar-refractivity contribution is 6.77. The fourth-order valence-electron chi connectivity index (χ4n) is 7.83. The third kappa shape index (κ3) is 15.3. The first kappa shape index (κ1) is 56.5. The fourth-order valence-corrected chi connectivity index (χ4v) is 15.9. The third-order valence-corrected chi connectivity index (χ3v) is 28.8. The number of rotatable bonds is 26. The maximum absolute atomic E-state index is 13.5. The summed E-state index contributed by atoms with van der Waals surface area (Å²) in [5, 5.41) is 3.15. The summed E-state index contributed by atoms with van der Waals surface area (Å²) in [6.07, 6.45) is 3.28. The largest absolute Gasteiger partial charge is 0.497 e. The van der Waals surface area contributed by atoms with Crippen LogP contribution in [0.25, 0.3) is 0 Å². The van der Waals surface area contributed by atoms with Crippen molar-refractivity contribution < 1.29 is 41.8 Å². The van der Waals surface area contributed by atoms with Crippen LogP contribution in [0.4, 0.5) is 5.69 Å². The van der Waals surface area contributed by atoms with Crippen LogP contribution in [0.15, 0.2) is 23.8 Å². The Bertz CT molecular complexity index is 1460. The lowest BCUT2D eigenvalue weighted by Crippen LogP contribution is -2.54. The van der Waals surface area contributed by atoms with Crippen molar-refractivity contribution in [1.82, 2.24) is 0 Å². The van der Waals surface area contributed by atoms with E-state index in [0.29, 0.717) is 53.3 Å². The van der Waals surface area contributed by atoms with Crippen LogP contribution in [0.5, 0.6) is 11.5 Å². The molecule has 1 amide bonds. The average molecular weight is 899 g/mol. The van der Waals surface area contributed by atoms with E-state index in [0.717, 1.165) is 12.0 Å². The first-order chi connectivity index (χ1) is 27.5. The van der Waals surface area contributed by atoms with E-state index in [1.807, 2.05) is 12.1 Å². The number of allylic oxidation sites excluding steroid dienone is 1. The lowest BCUT2D eigenvalue weighted by molar-refractivity contribution is -0.129. The quantitative estimate of drug-likeness (QED) is 0.0553. The maximum atomic E-state index is 13.5. The van der Waals surface area contributed by atoms with E-state index in [1.165, 1.54) is 5.57 Å². The molecule has 0 heterocycles. The second kappa shape index (κ2) is 23.9. The van der Waals surface area contributed by atoms with Gasteiger partial charge in [0.15, 0.2) is 22.9 Å². The molecule has 0 aliphatic rings. The molecule has 0 spiro atoms. The van der Waals surface area contributed by atoms with Crippen LogP contribution in [-0.2, 0) is 38.7 Å². The summed E-state index contributed by atoms with van der Waals surface area (Å²) in [5.74, 6) is 1.06. The van der Waals surface area contributed by atoms with Gasteiger partial charge in [0, 0.05) is 45.3 Å². The molecule has 0 saturated heterocycles. The highest BCUT2D eigenvalue weighted by atomic mass is 28.4. The molecule has 4 atom stereocenters. The molecule has 350 valence electrons. The molecule has 13 heteroatoms. The van der Waals surface area contributed by atoms with Crippen molar-refractivity contribution in [1.29, 1.82) is 0 Å². The lowest BCUT2D eigenvalue weighted by Gasteiger charge is -2.48. The van der Waals surface area contributed by atoms with Crippen molar-refractivity contribution in [3.63, 3.8) is 0 Å². The second-order valence-electron chi connectivity index (χ2n) is 20.8. The molecular formula is C47H91NO9Si3. The molecule has 0 fully saturated rings. The number of benzene rings is 1. The van der Waals surface area contributed by atoms with E-state index in [4.69, 9.17) is 37.0 Å². The number of amides is 1. The van der Waals surface area contributed by atoms with Gasteiger partial charge in [0.2, 0.25) is 14.2 Å². The number of aryl methyl sites for hydroxylation is 1. The van der Waals surface area contributed by atoms with Crippen LogP contribution >= 0.6 is 0 Å². The van der Waals surface area contributed by atoms with E-state index in [-0.39, 0.29) is 46.6 Å². The molecule has 0 aromatic heterocycles. The zero-order valence-corrected chi connectivity index (χ0v) is 45.6. The molecule has 1 aromatic rings. The Hall–Kier alpha value is -1.56. The molecule has 0 aliphatic carbocycles. The summed E-state index contributed by atoms with van der Waals surface area (Å²) in [5.41, 5.74) is 3.91. The van der Waals surface area contributed by atoms with Crippen LogP contribution < -0.4 is 14.8 Å². The van der Waals surface area contributed by atoms with Crippen molar-refractivity contribution in [3.8, 4) is 11.5 Å². The number of hydrogen-bond donors (Lipinski definition) is 1. The van der Waals surface area contributed by atoms with Gasteiger partial charge < -0.3 is 42.3 Å². The van der Waals surface area contributed by atoms with Gasteiger partial charge in [0.25, 0.3) is 0 Å². The van der Waals surface area contributed by atoms with Gasteiger partial charge in [-0.2, -0.15) is 0 Å². The van der Waals surface area contributed by atoms with Gasteiger partial charge in [0.05, 0.1) is 51.2 Å². The second-order valence-corrected chi connectivity index (χ2v) is 35.8. The molecule has 1 rings (SSSR count). The SMILES string of the molecule is COc1cc(CC/C=C(/C)[C@H](O[Si](C)(C)C(C)(C)C)[C@@H](C)[C@H](CC(OC)OC)O[Si](C(C)C)(C(C)C)C(C)C)c(OC)c(NC(=O)C[C@H](CO[Si](C)(C)C(C)(C)C)OC)c1. The summed E-state index contributed by atoms with van der Waals surface area (Å²) in [4.78, 5) is 13.5. The number of carbonyl (C=O) groups is 1. The molecule has 0 radical (unpaired) electrons. The van der Waals surface area contributed by atoms with Crippen molar-refractivity contribution in [2.75, 3.05) is 47.5 Å². The molecule has 1 aromatic carbocycles. The van der Waals surface area contributed by atoms with Crippen LogP contribution in [-0.4, -0.2) is 97.6 Å². The van der Waals surface area contributed by atoms with Crippen molar-refractivity contribution >= 4 is 36.5 Å². The Balaban J connectivity index is 3.64. The number of carbonyl (C=O) groups excluding carboxylic acids is 1. The predicted octanol–water partition coefficient (Wildman–Crippen LogP) is 12.5. The summed E-state index contributed by atoms with van der Waals surface area (Å²) < 4.78 is 50.5. The van der Waals surface area contributed by atoms with Crippen LogP contribution in [0.3, 0.4) is 0 Å². The average Bonchev–Trinajstić information content (AvgIpc) is 3.13. The zero-order chi connectivity index (χ0) is 46.6. The Morgan fingerprint density at radius 2 is 1.28 bits per heavy atom. The molecule has 1 N–H and O–H groups in total. The van der Waals surface area contributed by atoms with Crippen LogP contribution in [0, 0.1) is 5.92 Å². The summed E-state index contributed by atoms with van der Waals surface area (Å²) in [7, 11) is 1.74. The Labute approximate surface area is 371 Å². The minimum absolute atomic E-state index is 0.00248. The minimum Gasteiger partial charge on any atom is -0.497 e. The smallest absolute Gasteiger partial charge is 0.227 e. The van der Waals surface area contributed by atoms with E-state index in [1.54, 1.807) is 35.5 Å². The summed E-state index contributed by atoms with van der Waals surface area (Å²) in [6, 6.07) is 3.80. The van der Waals surface area contributed by atoms with Gasteiger partial charge in [-0.05, 0) is 84.3 Å². The number of hydrogen-bond acceptors (Lipinski definition) is 9. The molecule has 0 saturated carbocycles. The van der Waals surface area contributed by atoms with Gasteiger partial charge in [-0.25, -0.2) is 0 Å². The molecule has 0 aliphatic heterocycles. The van der Waals surface area contributed by atoms with Crippen molar-refractivity contribution in [2.45, 2.75) is 200 Å². The fraction of sp³-hybridized carbons (Fsp3) is 0.809. The van der Waals surface area contributed by atoms with Crippen LogP contribution in [0.2, 0.25) is 52.9 Å². The molecule has 10 nitrogen and oxygen atoms in total. The number of anilines is 1. The molecular weight excluding hydrogens is 807 g/mol. The van der Waals surface area contributed by atoms with Gasteiger partial charge in [-0.15, -0.1) is 0 Å². The van der Waals surface area contributed by atoms with E-state index in [2.05, 4.69) is 135 Å². The summed E-state index contributed by atoms with van der Waals surface area (Å²) in [6.45, 7) is 41.4. The first-order valence-electron chi connectivity index (χ1n) is 22.3. The van der Waals surface area contributed by atoms with E-state index < -0.39 is 31.2 Å². The van der Waals surface area contributed by atoms with Gasteiger partial charge in [-0.3, -0.25) is 4.79 Å². The number of nitrogens with one attached hydrogen (secondary N) is 1. The van der Waals surface area contributed by atoms with Gasteiger partial charge >= 0.3 is 0 Å². The standard InChI is InChI=1S/C47H91NO9Si3/c1-32(2)60(33(3)4,34(5)6)56-41(30-43(52-17)53-18)36(8)44(57-59(22,23)47(12,13)14)35(7)25-24-26-37-27-38(50-15)28-40(45(37)54-19)48-42(49)29-39(51-16)31-55-58(20,21)46(9,10)11/h25,27-28,32-34,36,39,41,43-44H,24,26,29-31H2,1-23H3,(H,48,49)/b35-25-/t36-,39+,41-,44-/m0/s1. The van der Waals surface area contributed by atoms with E-state index >= 15 is 0 Å². The molecule has 0 bridgehead atoms. The Morgan fingerprint density at radius 1 is 0.750 bits per heavy atom. The Morgan fingerprint density at radius 3 is 1.72 bits per heavy atom. The lowest BCUT2D eigenvalue weighted by atomic mass is 9.90. The van der Waals surface area contributed by atoms with Gasteiger partial charge in [0.1, 0.15) is 11.5 Å². The van der Waals surface area contributed by atoms with Crippen molar-refractivity contribution in [3.05, 3.63) is 29.3 Å². The normalized spacial score (nSPS) is 15.8. The number of methoxy groups -OCH3 is 5. The maximum Gasteiger partial charge on any atom is 0.227 e. The highest BCUT2D eigenvalue weighted by Crippen LogP contribution is 2.46. The van der Waals surface area contributed by atoms with Gasteiger partial charge in [-0.1, -0.05) is 96.1 Å². The summed E-state index contributed by atoms with van der Waals surface area (Å²) >= 11 is 0. The molecule has 0 unspecified atom stereocenters. The number of ether oxygens (including phenoxy) is 5. The predicted molar refractivity (Wildman–Crippen MR) is 258 cm³/mol. The van der Waals surface area contributed by atoms with E-state index in [9.17, 15) is 4.79 Å². The monoisotopic (exact) mass is 898 g/mol. The Kier molecular flexibility index (Phi) is 22.5. The van der Waals surface area contributed by atoms with Crippen LogP contribution in [0.1, 0.15) is 122 Å².